The van der Waals surface area contributed by atoms with Crippen LogP contribution < -0.4 is 5.32 Å². The molecule has 0 bridgehead atoms. The third-order valence-corrected chi connectivity index (χ3v) is 7.43. The standard InChI is InChI=1S/C13H26Cl4N3O3PS/c1-18-13(21)12-25-11-10-23-24(22,19(6-2-14)7-3-15)20(8-4-16)9-5-17/h2-12H2,1H3,(H,18,21). The van der Waals surface area contributed by atoms with Gasteiger partial charge in [0.25, 0.3) is 0 Å². The van der Waals surface area contributed by atoms with E-state index >= 15 is 0 Å². The molecule has 0 rings (SSSR count). The first kappa shape index (κ1) is 26.1. The molecule has 0 aliphatic carbocycles. The maximum atomic E-state index is 13.6. The number of amides is 1. The van der Waals surface area contributed by atoms with Crippen molar-refractivity contribution in [2.75, 3.05) is 74.9 Å². The molecule has 0 heterocycles. The summed E-state index contributed by atoms with van der Waals surface area (Å²) in [6, 6.07) is 0. The van der Waals surface area contributed by atoms with E-state index in [2.05, 4.69) is 5.32 Å². The van der Waals surface area contributed by atoms with Gasteiger partial charge in [0.2, 0.25) is 5.91 Å². The normalized spacial score (nSPS) is 12.1. The van der Waals surface area contributed by atoms with Crippen molar-refractivity contribution in [1.82, 2.24) is 14.7 Å². The monoisotopic (exact) mass is 475 g/mol. The number of alkyl halides is 4. The quantitative estimate of drug-likeness (QED) is 0.210. The molecular formula is C13H26Cl4N3O3PS. The van der Waals surface area contributed by atoms with Gasteiger partial charge in [-0.05, 0) is 0 Å². The maximum absolute atomic E-state index is 13.6. The van der Waals surface area contributed by atoms with Crippen LogP contribution in [0.4, 0.5) is 0 Å². The van der Waals surface area contributed by atoms with Crippen molar-refractivity contribution >= 4 is 71.7 Å². The van der Waals surface area contributed by atoms with Crippen molar-refractivity contribution in [1.29, 1.82) is 0 Å². The van der Waals surface area contributed by atoms with E-state index in [-0.39, 0.29) is 12.5 Å². The van der Waals surface area contributed by atoms with Gasteiger partial charge in [-0.3, -0.25) is 9.36 Å². The van der Waals surface area contributed by atoms with Crippen LogP contribution in [0.2, 0.25) is 0 Å². The fourth-order valence-electron chi connectivity index (χ4n) is 1.91. The minimum Gasteiger partial charge on any atom is -0.358 e. The number of carbonyl (C=O) groups excluding carboxylic acids is 1. The molecule has 1 amide bonds. The lowest BCUT2D eigenvalue weighted by molar-refractivity contribution is -0.118. The number of halogens is 4. The van der Waals surface area contributed by atoms with Gasteiger partial charge in [-0.25, -0.2) is 9.34 Å². The van der Waals surface area contributed by atoms with Gasteiger partial charge in [0.15, 0.2) is 0 Å². The highest BCUT2D eigenvalue weighted by molar-refractivity contribution is 7.99. The van der Waals surface area contributed by atoms with E-state index in [4.69, 9.17) is 50.9 Å². The third-order valence-electron chi connectivity index (χ3n) is 3.08. The molecule has 0 aromatic rings. The third kappa shape index (κ3) is 10.3. The summed E-state index contributed by atoms with van der Waals surface area (Å²) in [6.45, 7) is 1.72. The van der Waals surface area contributed by atoms with Crippen molar-refractivity contribution in [2.45, 2.75) is 0 Å². The number of thioether (sulfide) groups is 1. The van der Waals surface area contributed by atoms with Crippen LogP contribution in [0, 0.1) is 0 Å². The molecule has 0 spiro atoms. The number of hydrogen-bond acceptors (Lipinski definition) is 4. The predicted molar refractivity (Wildman–Crippen MR) is 111 cm³/mol. The average Bonchev–Trinajstić information content (AvgIpc) is 2.60. The van der Waals surface area contributed by atoms with E-state index in [9.17, 15) is 9.36 Å². The van der Waals surface area contributed by atoms with Gasteiger partial charge in [-0.2, -0.15) is 0 Å². The Morgan fingerprint density at radius 2 is 1.44 bits per heavy atom. The lowest BCUT2D eigenvalue weighted by Gasteiger charge is -2.37. The Bertz CT molecular complexity index is 381. The van der Waals surface area contributed by atoms with Crippen molar-refractivity contribution in [3.63, 3.8) is 0 Å². The van der Waals surface area contributed by atoms with Crippen molar-refractivity contribution in [2.24, 2.45) is 0 Å². The fraction of sp³-hybridized carbons (Fsp3) is 0.923. The van der Waals surface area contributed by atoms with Crippen molar-refractivity contribution in [3.05, 3.63) is 0 Å². The summed E-state index contributed by atoms with van der Waals surface area (Å²) in [7, 11) is -1.78. The Morgan fingerprint density at radius 1 is 1.00 bits per heavy atom. The summed E-state index contributed by atoms with van der Waals surface area (Å²) in [5.74, 6) is 1.98. The van der Waals surface area contributed by atoms with Gasteiger partial charge >= 0.3 is 7.67 Å². The van der Waals surface area contributed by atoms with Crippen LogP contribution in [0.25, 0.3) is 0 Å². The summed E-state index contributed by atoms with van der Waals surface area (Å²) in [6.07, 6.45) is 0. The number of hydrogen-bond donors (Lipinski definition) is 1. The lowest BCUT2D eigenvalue weighted by Crippen LogP contribution is -2.37. The second-order valence-corrected chi connectivity index (χ2v) is 9.70. The second-order valence-electron chi connectivity index (χ2n) is 4.71. The molecule has 0 aliphatic rings. The second kappa shape index (κ2) is 16.1. The predicted octanol–water partition coefficient (Wildman–Crippen LogP) is 3.15. The number of nitrogens with one attached hydrogen (secondary N) is 1. The zero-order chi connectivity index (χ0) is 19.1. The molecule has 0 aromatic carbocycles. The Kier molecular flexibility index (Phi) is 16.8. The van der Waals surface area contributed by atoms with E-state index in [1.807, 2.05) is 0 Å². The number of nitrogens with zero attached hydrogens (tertiary/aromatic N) is 2. The lowest BCUT2D eigenvalue weighted by atomic mass is 10.6. The van der Waals surface area contributed by atoms with E-state index in [0.29, 0.717) is 61.2 Å². The zero-order valence-corrected chi connectivity index (χ0v) is 19.0. The van der Waals surface area contributed by atoms with Crippen LogP contribution in [0.3, 0.4) is 0 Å². The first-order valence-electron chi connectivity index (χ1n) is 7.77. The van der Waals surface area contributed by atoms with Crippen molar-refractivity contribution < 1.29 is 13.9 Å². The Labute approximate surface area is 174 Å². The molecule has 0 fully saturated rings. The van der Waals surface area contributed by atoms with E-state index in [1.165, 1.54) is 11.8 Å². The van der Waals surface area contributed by atoms with Crippen LogP contribution in [-0.4, -0.2) is 90.1 Å². The fourth-order valence-corrected chi connectivity index (χ4v) is 6.42. The van der Waals surface area contributed by atoms with E-state index < -0.39 is 7.67 Å². The first-order valence-corrected chi connectivity index (χ1v) is 12.6. The van der Waals surface area contributed by atoms with Gasteiger partial charge in [0.1, 0.15) is 0 Å². The summed E-state index contributed by atoms with van der Waals surface area (Å²) in [5, 5.41) is 2.55. The maximum Gasteiger partial charge on any atom is 0.346 e. The molecule has 12 heteroatoms. The molecule has 0 atom stereocenters. The Morgan fingerprint density at radius 3 is 1.80 bits per heavy atom. The molecule has 0 aromatic heterocycles. The number of carbonyl (C=O) groups is 1. The molecule has 0 saturated heterocycles. The van der Waals surface area contributed by atoms with Gasteiger partial charge in [0.05, 0.1) is 12.4 Å². The summed E-state index contributed by atoms with van der Waals surface area (Å²) >= 11 is 24.8. The Hall–Kier alpha value is 1.09. The molecule has 0 radical (unpaired) electrons. The SMILES string of the molecule is CNC(=O)CSCCOP(=O)(N(CCCl)CCCl)N(CCCl)CCCl. The molecular weight excluding hydrogens is 451 g/mol. The van der Waals surface area contributed by atoms with Gasteiger partial charge in [-0.1, -0.05) is 0 Å². The van der Waals surface area contributed by atoms with Crippen LogP contribution >= 0.6 is 65.8 Å². The molecule has 0 aliphatic heterocycles. The first-order chi connectivity index (χ1) is 12.0. The molecule has 1 N–H and O–H groups in total. The van der Waals surface area contributed by atoms with E-state index in [1.54, 1.807) is 16.4 Å². The molecule has 25 heavy (non-hydrogen) atoms. The topological polar surface area (TPSA) is 61.9 Å². The molecule has 150 valence electrons. The average molecular weight is 477 g/mol. The van der Waals surface area contributed by atoms with E-state index in [0.717, 1.165) is 0 Å². The van der Waals surface area contributed by atoms with Crippen LogP contribution in [0.5, 0.6) is 0 Å². The summed E-state index contributed by atoms with van der Waals surface area (Å²) in [5.41, 5.74) is 0. The van der Waals surface area contributed by atoms with Gasteiger partial charge in [0, 0.05) is 62.5 Å². The highest BCUT2D eigenvalue weighted by Gasteiger charge is 2.37. The largest absolute Gasteiger partial charge is 0.358 e. The summed E-state index contributed by atoms with van der Waals surface area (Å²) < 4.78 is 22.8. The minimum absolute atomic E-state index is 0.0648. The van der Waals surface area contributed by atoms with Crippen LogP contribution in [-0.2, 0) is 13.9 Å². The molecule has 0 saturated carbocycles. The minimum atomic E-state index is -3.36. The van der Waals surface area contributed by atoms with Gasteiger partial charge < -0.3 is 9.84 Å². The molecule has 6 nitrogen and oxygen atoms in total. The number of rotatable bonds is 16. The Balaban J connectivity index is 5.02. The molecule has 0 unspecified atom stereocenters. The van der Waals surface area contributed by atoms with Gasteiger partial charge in [-0.15, -0.1) is 58.2 Å². The van der Waals surface area contributed by atoms with Crippen LogP contribution in [0.15, 0.2) is 0 Å². The smallest absolute Gasteiger partial charge is 0.346 e. The zero-order valence-electron chi connectivity index (χ0n) is 14.3. The van der Waals surface area contributed by atoms with Crippen LogP contribution in [0.1, 0.15) is 0 Å². The highest BCUT2D eigenvalue weighted by Crippen LogP contribution is 2.54. The highest BCUT2D eigenvalue weighted by atomic mass is 35.5. The summed E-state index contributed by atoms with van der Waals surface area (Å²) in [4.78, 5) is 11.2. The van der Waals surface area contributed by atoms with Crippen molar-refractivity contribution in [3.8, 4) is 0 Å².